The van der Waals surface area contributed by atoms with Gasteiger partial charge in [-0.2, -0.15) is 17.0 Å². The second-order valence-corrected chi connectivity index (χ2v) is 7.00. The maximum Gasteiger partial charge on any atom is 0.347 e. The summed E-state index contributed by atoms with van der Waals surface area (Å²) >= 11 is 1.60. The highest BCUT2D eigenvalue weighted by atomic mass is 32.2. The molecule has 1 aromatic carbocycles. The largest absolute Gasteiger partial charge is 0.458 e. The van der Waals surface area contributed by atoms with Crippen LogP contribution in [-0.4, -0.2) is 46.9 Å². The van der Waals surface area contributed by atoms with Gasteiger partial charge >= 0.3 is 5.97 Å². The lowest BCUT2D eigenvalue weighted by Gasteiger charge is -2.32. The first-order valence-electron chi connectivity index (χ1n) is 8.23. The molecule has 1 heterocycles. The third-order valence-corrected chi connectivity index (χ3v) is 4.98. The van der Waals surface area contributed by atoms with Crippen molar-refractivity contribution in [3.05, 3.63) is 35.9 Å². The van der Waals surface area contributed by atoms with Gasteiger partial charge in [0, 0.05) is 6.54 Å². The van der Waals surface area contributed by atoms with Crippen LogP contribution >= 0.6 is 11.8 Å². The quantitative estimate of drug-likeness (QED) is 0.743. The number of thioether (sulfide) groups is 1. The minimum Gasteiger partial charge on any atom is -0.458 e. The number of amides is 1. The smallest absolute Gasteiger partial charge is 0.347 e. The van der Waals surface area contributed by atoms with Gasteiger partial charge < -0.3 is 15.4 Å². The van der Waals surface area contributed by atoms with E-state index < -0.39 is 17.6 Å². The van der Waals surface area contributed by atoms with Crippen molar-refractivity contribution in [2.75, 3.05) is 18.6 Å². The average molecular weight is 361 g/mol. The van der Waals surface area contributed by atoms with Crippen LogP contribution in [-0.2, 0) is 20.9 Å². The number of likely N-dealkylation sites (tertiary alicyclic amines) is 1. The Kier molecular flexibility index (Phi) is 6.85. The summed E-state index contributed by atoms with van der Waals surface area (Å²) in [6.07, 6.45) is 3.30. The summed E-state index contributed by atoms with van der Waals surface area (Å²) < 4.78 is 5.35. The Bertz CT molecular complexity index is 647. The molecule has 0 radical (unpaired) electrons. The van der Waals surface area contributed by atoms with Crippen LogP contribution in [0, 0.1) is 11.3 Å². The highest BCUT2D eigenvalue weighted by Gasteiger charge is 2.52. The Labute approximate surface area is 152 Å². The minimum absolute atomic E-state index is 0.0731. The number of hydrogen-bond donors (Lipinski definition) is 1. The van der Waals surface area contributed by atoms with Crippen molar-refractivity contribution in [3.8, 4) is 6.07 Å². The molecule has 2 atom stereocenters. The summed E-state index contributed by atoms with van der Waals surface area (Å²) in [4.78, 5) is 26.6. The van der Waals surface area contributed by atoms with E-state index in [1.54, 1.807) is 11.8 Å². The first-order valence-corrected chi connectivity index (χ1v) is 9.63. The lowest BCUT2D eigenvalue weighted by molar-refractivity contribution is -0.159. The fourth-order valence-electron chi connectivity index (χ4n) is 2.90. The maximum absolute atomic E-state index is 12.6. The molecule has 134 valence electrons. The molecule has 0 aliphatic carbocycles. The molecule has 2 N–H and O–H groups in total. The van der Waals surface area contributed by atoms with E-state index in [0.29, 0.717) is 19.4 Å². The predicted octanol–water partition coefficient (Wildman–Crippen LogP) is 1.69. The fourth-order valence-corrected chi connectivity index (χ4v) is 3.39. The van der Waals surface area contributed by atoms with Crippen molar-refractivity contribution in [2.24, 2.45) is 5.73 Å². The second-order valence-electron chi connectivity index (χ2n) is 6.02. The molecular formula is C18H23N3O3S. The number of nitrogens with two attached hydrogens (primary N) is 1. The fraction of sp³-hybridized carbons (Fsp3) is 0.500. The molecule has 0 bridgehead atoms. The Morgan fingerprint density at radius 1 is 1.44 bits per heavy atom. The van der Waals surface area contributed by atoms with E-state index in [1.807, 2.05) is 42.7 Å². The summed E-state index contributed by atoms with van der Waals surface area (Å²) in [5.41, 5.74) is 5.22. The van der Waals surface area contributed by atoms with Crippen LogP contribution < -0.4 is 5.73 Å². The summed E-state index contributed by atoms with van der Waals surface area (Å²) in [5.74, 6) is -0.287. The number of hydrogen-bond acceptors (Lipinski definition) is 6. The van der Waals surface area contributed by atoms with E-state index in [9.17, 15) is 14.9 Å². The van der Waals surface area contributed by atoms with E-state index in [2.05, 4.69) is 0 Å². The van der Waals surface area contributed by atoms with Crippen molar-refractivity contribution >= 4 is 23.6 Å². The number of nitrogens with zero attached hydrogens (tertiary/aromatic N) is 2. The monoisotopic (exact) mass is 361 g/mol. The lowest BCUT2D eigenvalue weighted by Crippen LogP contribution is -2.57. The van der Waals surface area contributed by atoms with E-state index in [4.69, 9.17) is 10.5 Å². The van der Waals surface area contributed by atoms with Crippen LogP contribution in [0.4, 0.5) is 0 Å². The van der Waals surface area contributed by atoms with Crippen molar-refractivity contribution in [2.45, 2.75) is 37.5 Å². The van der Waals surface area contributed by atoms with Gasteiger partial charge in [0.15, 0.2) is 0 Å². The molecule has 1 aromatic rings. The Hall–Kier alpha value is -2.04. The zero-order chi connectivity index (χ0) is 18.3. The number of nitriles is 1. The zero-order valence-corrected chi connectivity index (χ0v) is 15.1. The van der Waals surface area contributed by atoms with Gasteiger partial charge in [-0.25, -0.2) is 4.79 Å². The average Bonchev–Trinajstić information content (AvgIpc) is 3.09. The highest BCUT2D eigenvalue weighted by molar-refractivity contribution is 7.98. The Morgan fingerprint density at radius 2 is 2.16 bits per heavy atom. The molecule has 1 aliphatic heterocycles. The van der Waals surface area contributed by atoms with Gasteiger partial charge in [0.2, 0.25) is 11.4 Å². The molecule has 6 nitrogen and oxygen atoms in total. The van der Waals surface area contributed by atoms with Gasteiger partial charge in [-0.05, 0) is 36.8 Å². The number of carbonyl (C=O) groups excluding carboxylic acids is 2. The molecule has 0 saturated carbocycles. The lowest BCUT2D eigenvalue weighted by atomic mass is 9.97. The maximum atomic E-state index is 12.6. The number of benzene rings is 1. The molecule has 1 aliphatic rings. The molecule has 2 rings (SSSR count). The Balaban J connectivity index is 2.09. The zero-order valence-electron chi connectivity index (χ0n) is 14.3. The molecule has 7 heteroatoms. The summed E-state index contributed by atoms with van der Waals surface area (Å²) in [6.45, 7) is 0.420. The topological polar surface area (TPSA) is 96.4 Å². The summed E-state index contributed by atoms with van der Waals surface area (Å²) in [5, 5.41) is 9.67. The van der Waals surface area contributed by atoms with Crippen LogP contribution in [0.25, 0.3) is 0 Å². The minimum atomic E-state index is -1.57. The molecule has 0 spiro atoms. The van der Waals surface area contributed by atoms with Gasteiger partial charge in [-0.1, -0.05) is 30.3 Å². The van der Waals surface area contributed by atoms with Crippen molar-refractivity contribution in [1.29, 1.82) is 5.26 Å². The highest BCUT2D eigenvalue weighted by Crippen LogP contribution is 2.31. The predicted molar refractivity (Wildman–Crippen MR) is 96.5 cm³/mol. The molecule has 0 aromatic heterocycles. The number of esters is 1. The third kappa shape index (κ3) is 4.33. The third-order valence-electron chi connectivity index (χ3n) is 4.33. The van der Waals surface area contributed by atoms with Crippen LogP contribution in [0.15, 0.2) is 30.3 Å². The van der Waals surface area contributed by atoms with Crippen LogP contribution in [0.2, 0.25) is 0 Å². The van der Waals surface area contributed by atoms with Crippen LogP contribution in [0.5, 0.6) is 0 Å². The number of carbonyl (C=O) groups is 2. The molecule has 25 heavy (non-hydrogen) atoms. The Morgan fingerprint density at radius 3 is 2.80 bits per heavy atom. The van der Waals surface area contributed by atoms with Crippen LogP contribution in [0.3, 0.4) is 0 Å². The van der Waals surface area contributed by atoms with E-state index in [-0.39, 0.29) is 18.9 Å². The van der Waals surface area contributed by atoms with E-state index >= 15 is 0 Å². The van der Waals surface area contributed by atoms with Gasteiger partial charge in [-0.15, -0.1) is 0 Å². The molecular weight excluding hydrogens is 338 g/mol. The van der Waals surface area contributed by atoms with Crippen LogP contribution in [0.1, 0.15) is 24.8 Å². The standard InChI is InChI=1S/C18H23N3O3S/c1-25-11-8-15(20)16(22)21-10-5-9-18(21,13-19)17(23)24-12-14-6-3-2-4-7-14/h2-4,6-7,15H,5,8-12,20H2,1H3/t15-,18-/m0/s1. The molecule has 0 unspecified atom stereocenters. The number of rotatable bonds is 7. The van der Waals surface area contributed by atoms with Crippen molar-refractivity contribution < 1.29 is 14.3 Å². The molecule has 1 amide bonds. The second kappa shape index (κ2) is 8.88. The summed E-state index contributed by atoms with van der Waals surface area (Å²) in [7, 11) is 0. The van der Waals surface area contributed by atoms with E-state index in [0.717, 1.165) is 11.3 Å². The molecule has 1 saturated heterocycles. The van der Waals surface area contributed by atoms with Gasteiger partial charge in [0.05, 0.1) is 6.04 Å². The normalized spacial score (nSPS) is 20.8. The van der Waals surface area contributed by atoms with Gasteiger partial charge in [0.25, 0.3) is 0 Å². The SMILES string of the molecule is CSCC[C@H](N)C(=O)N1CCC[C@]1(C#N)C(=O)OCc1ccccc1. The van der Waals surface area contributed by atoms with Gasteiger partial charge in [-0.3, -0.25) is 4.79 Å². The number of ether oxygens (including phenoxy) is 1. The first-order chi connectivity index (χ1) is 12.0. The van der Waals surface area contributed by atoms with Gasteiger partial charge in [0.1, 0.15) is 12.7 Å². The molecule has 1 fully saturated rings. The van der Waals surface area contributed by atoms with Crippen molar-refractivity contribution in [1.82, 2.24) is 4.90 Å². The van der Waals surface area contributed by atoms with Crippen molar-refractivity contribution in [3.63, 3.8) is 0 Å². The summed E-state index contributed by atoms with van der Waals surface area (Å²) in [6, 6.07) is 10.6. The van der Waals surface area contributed by atoms with E-state index in [1.165, 1.54) is 4.90 Å². The first kappa shape index (κ1) is 19.3.